The molecule has 0 fully saturated rings. The van der Waals surface area contributed by atoms with Crippen molar-refractivity contribution < 1.29 is 4.42 Å². The Balaban J connectivity index is 1.07. The van der Waals surface area contributed by atoms with Gasteiger partial charge in [0.05, 0.1) is 5.56 Å². The minimum atomic E-state index is 0.560. The third-order valence-corrected chi connectivity index (χ3v) is 11.7. The molecular weight excluding hydrogens is 719 g/mol. The lowest BCUT2D eigenvalue weighted by molar-refractivity contribution is 0.669. The minimum absolute atomic E-state index is 0.560. The van der Waals surface area contributed by atoms with Gasteiger partial charge in [0, 0.05) is 27.3 Å². The van der Waals surface area contributed by atoms with Gasteiger partial charge < -0.3 is 4.42 Å². The molecule has 274 valence electrons. The number of aromatic nitrogens is 3. The van der Waals surface area contributed by atoms with Gasteiger partial charge in [-0.05, 0) is 72.1 Å². The molecule has 0 saturated heterocycles. The summed E-state index contributed by atoms with van der Waals surface area (Å²) in [6.07, 6.45) is 0. The zero-order chi connectivity index (χ0) is 38.9. The summed E-state index contributed by atoms with van der Waals surface area (Å²) in [5, 5.41) is 11.5. The summed E-state index contributed by atoms with van der Waals surface area (Å²) in [7, 11) is 0. The third-order valence-electron chi connectivity index (χ3n) is 11.7. The molecule has 10 aromatic carbocycles. The Bertz CT molecular complexity index is 3550. The van der Waals surface area contributed by atoms with Crippen LogP contribution in [0.4, 0.5) is 0 Å². The number of para-hydroxylation sites is 2. The zero-order valence-electron chi connectivity index (χ0n) is 31.8. The van der Waals surface area contributed by atoms with Gasteiger partial charge in [0.1, 0.15) is 11.2 Å². The number of hydrogen-bond donors (Lipinski definition) is 0. The second-order valence-corrected chi connectivity index (χ2v) is 15.1. The summed E-state index contributed by atoms with van der Waals surface area (Å²) in [5.74, 6) is 1.76. The number of furan rings is 1. The van der Waals surface area contributed by atoms with Gasteiger partial charge in [0.15, 0.2) is 17.5 Å². The summed E-state index contributed by atoms with van der Waals surface area (Å²) in [5.41, 5.74) is 9.06. The Morgan fingerprint density at radius 3 is 1.47 bits per heavy atom. The van der Waals surface area contributed by atoms with E-state index in [-0.39, 0.29) is 0 Å². The maximum Gasteiger partial charge on any atom is 0.167 e. The molecule has 0 N–H and O–H groups in total. The van der Waals surface area contributed by atoms with E-state index in [0.29, 0.717) is 17.5 Å². The Kier molecular flexibility index (Phi) is 7.50. The molecule has 0 aliphatic carbocycles. The summed E-state index contributed by atoms with van der Waals surface area (Å²) in [6.45, 7) is 0. The Morgan fingerprint density at radius 1 is 0.288 bits per heavy atom. The first-order chi connectivity index (χ1) is 29.3. The monoisotopic (exact) mass is 751 g/mol. The predicted octanol–water partition coefficient (Wildman–Crippen LogP) is 14.7. The molecule has 2 aromatic heterocycles. The van der Waals surface area contributed by atoms with E-state index in [2.05, 4.69) is 176 Å². The van der Waals surface area contributed by atoms with Crippen LogP contribution < -0.4 is 0 Å². The predicted molar refractivity (Wildman–Crippen MR) is 244 cm³/mol. The molecule has 0 saturated carbocycles. The molecule has 59 heavy (non-hydrogen) atoms. The van der Waals surface area contributed by atoms with Gasteiger partial charge in [-0.25, -0.2) is 15.0 Å². The van der Waals surface area contributed by atoms with Crippen molar-refractivity contribution in [2.45, 2.75) is 0 Å². The van der Waals surface area contributed by atoms with Crippen LogP contribution in [0.25, 0.3) is 121 Å². The van der Waals surface area contributed by atoms with Crippen molar-refractivity contribution in [2.75, 3.05) is 0 Å². The van der Waals surface area contributed by atoms with E-state index in [0.717, 1.165) is 60.4 Å². The molecule has 12 aromatic rings. The van der Waals surface area contributed by atoms with E-state index >= 15 is 0 Å². The number of nitrogens with zero attached hydrogens (tertiary/aromatic N) is 3. The Hall–Kier alpha value is -7.95. The zero-order valence-corrected chi connectivity index (χ0v) is 31.8. The van der Waals surface area contributed by atoms with E-state index in [4.69, 9.17) is 19.4 Å². The molecule has 0 atom stereocenters. The normalized spacial score (nSPS) is 11.7. The van der Waals surface area contributed by atoms with Crippen LogP contribution in [-0.4, -0.2) is 15.0 Å². The topological polar surface area (TPSA) is 51.8 Å². The van der Waals surface area contributed by atoms with Crippen LogP contribution in [-0.2, 0) is 0 Å². The van der Waals surface area contributed by atoms with Crippen molar-refractivity contribution in [3.63, 3.8) is 0 Å². The fraction of sp³-hybridized carbons (Fsp3) is 0. The van der Waals surface area contributed by atoms with Gasteiger partial charge in [-0.1, -0.05) is 188 Å². The molecule has 2 heterocycles. The van der Waals surface area contributed by atoms with Gasteiger partial charge >= 0.3 is 0 Å². The van der Waals surface area contributed by atoms with Crippen molar-refractivity contribution in [1.82, 2.24) is 15.0 Å². The van der Waals surface area contributed by atoms with Crippen LogP contribution in [0.3, 0.4) is 0 Å². The fourth-order valence-corrected chi connectivity index (χ4v) is 9.06. The summed E-state index contributed by atoms with van der Waals surface area (Å²) in [4.78, 5) is 15.8. The average molecular weight is 752 g/mol. The first-order valence-electron chi connectivity index (χ1n) is 19.9. The minimum Gasteiger partial charge on any atom is -0.455 e. The van der Waals surface area contributed by atoms with Crippen molar-refractivity contribution in [3.8, 4) is 56.4 Å². The maximum absolute atomic E-state index is 6.53. The second-order valence-electron chi connectivity index (χ2n) is 15.1. The van der Waals surface area contributed by atoms with Gasteiger partial charge in [-0.3, -0.25) is 0 Å². The van der Waals surface area contributed by atoms with E-state index in [9.17, 15) is 0 Å². The molecular formula is C55H33N3O. The van der Waals surface area contributed by atoms with Crippen LogP contribution in [0.1, 0.15) is 0 Å². The average Bonchev–Trinajstić information content (AvgIpc) is 3.70. The molecule has 0 bridgehead atoms. The van der Waals surface area contributed by atoms with Gasteiger partial charge in [-0.2, -0.15) is 0 Å². The number of fused-ring (bicyclic) bond motifs is 8. The molecule has 0 aliphatic heterocycles. The highest BCUT2D eigenvalue weighted by molar-refractivity contribution is 6.21. The summed E-state index contributed by atoms with van der Waals surface area (Å²) in [6, 6.07) is 70.5. The van der Waals surface area contributed by atoms with Crippen LogP contribution in [0, 0.1) is 0 Å². The Labute approximate surface area is 339 Å². The van der Waals surface area contributed by atoms with Crippen molar-refractivity contribution in [1.29, 1.82) is 0 Å². The van der Waals surface area contributed by atoms with Crippen LogP contribution in [0.2, 0.25) is 0 Å². The molecule has 12 rings (SSSR count). The van der Waals surface area contributed by atoms with Crippen LogP contribution >= 0.6 is 0 Å². The molecule has 0 spiro atoms. The highest BCUT2D eigenvalue weighted by Crippen LogP contribution is 2.44. The number of benzene rings is 10. The maximum atomic E-state index is 6.53. The molecule has 0 radical (unpaired) electrons. The second kappa shape index (κ2) is 13.3. The standard InChI is InChI=1S/C55H33N3O/c1-2-15-35(16-3-1)50-41-20-6-8-22-43(41)51(44-23-9-7-21-42(44)50)37-30-32-38(33-31-37)53-56-54(46-25-12-17-36-29-28-34-14-4-5-18-39(34)49(36)46)58-55(57-53)47-26-13-24-45-40-19-10-11-27-48(40)59-52(45)47/h1-33H. The fourth-order valence-electron chi connectivity index (χ4n) is 9.06. The third kappa shape index (κ3) is 5.34. The van der Waals surface area contributed by atoms with Crippen molar-refractivity contribution >= 4 is 65.0 Å². The van der Waals surface area contributed by atoms with E-state index < -0.39 is 0 Å². The first-order valence-corrected chi connectivity index (χ1v) is 19.9. The van der Waals surface area contributed by atoms with Gasteiger partial charge in [0.25, 0.3) is 0 Å². The first kappa shape index (κ1) is 33.2. The number of hydrogen-bond acceptors (Lipinski definition) is 4. The molecule has 0 amide bonds. The van der Waals surface area contributed by atoms with E-state index in [1.54, 1.807) is 0 Å². The van der Waals surface area contributed by atoms with E-state index in [1.807, 2.05) is 24.3 Å². The SMILES string of the molecule is c1ccc(-c2c3ccccc3c(-c3ccc(-c4nc(-c5cccc6c5oc5ccccc56)nc(-c5cccc6ccc7ccccc7c56)n4)cc3)c3ccccc23)cc1. The smallest absolute Gasteiger partial charge is 0.167 e. The summed E-state index contributed by atoms with van der Waals surface area (Å²) < 4.78 is 6.53. The lowest BCUT2D eigenvalue weighted by Crippen LogP contribution is -2.01. The molecule has 4 heteroatoms. The lowest BCUT2D eigenvalue weighted by atomic mass is 9.86. The highest BCUT2D eigenvalue weighted by Gasteiger charge is 2.21. The van der Waals surface area contributed by atoms with E-state index in [1.165, 1.54) is 43.6 Å². The lowest BCUT2D eigenvalue weighted by Gasteiger charge is -2.18. The number of rotatable bonds is 5. The van der Waals surface area contributed by atoms with Gasteiger partial charge in [0.2, 0.25) is 0 Å². The quantitative estimate of drug-likeness (QED) is 0.130. The Morgan fingerprint density at radius 2 is 0.763 bits per heavy atom. The molecule has 0 unspecified atom stereocenters. The highest BCUT2D eigenvalue weighted by atomic mass is 16.3. The molecule has 4 nitrogen and oxygen atoms in total. The van der Waals surface area contributed by atoms with Crippen molar-refractivity contribution in [3.05, 3.63) is 200 Å². The van der Waals surface area contributed by atoms with Crippen molar-refractivity contribution in [2.24, 2.45) is 0 Å². The van der Waals surface area contributed by atoms with Gasteiger partial charge in [-0.15, -0.1) is 0 Å². The largest absolute Gasteiger partial charge is 0.455 e. The van der Waals surface area contributed by atoms with Crippen LogP contribution in [0.15, 0.2) is 205 Å². The summed E-state index contributed by atoms with van der Waals surface area (Å²) >= 11 is 0. The van der Waals surface area contributed by atoms with Crippen LogP contribution in [0.5, 0.6) is 0 Å². The molecule has 0 aliphatic rings.